The molecule has 0 unspecified atom stereocenters. The number of nitrogens with one attached hydrogen (secondary N) is 3. The number of benzene rings is 2. The van der Waals surface area contributed by atoms with Crippen LogP contribution in [0.25, 0.3) is 10.2 Å². The quantitative estimate of drug-likeness (QED) is 0.564. The number of carbonyl (C=O) groups is 1. The van der Waals surface area contributed by atoms with Gasteiger partial charge in [-0.2, -0.15) is 0 Å². The Morgan fingerprint density at radius 2 is 1.80 bits per heavy atom. The predicted octanol–water partition coefficient (Wildman–Crippen LogP) is 1.65. The molecule has 1 aliphatic heterocycles. The number of anilines is 1. The monoisotopic (exact) mass is 424 g/mol. The Morgan fingerprint density at radius 1 is 1.07 bits per heavy atom. The molecule has 1 amide bonds. The van der Waals surface area contributed by atoms with Gasteiger partial charge in [-0.05, 0) is 36.1 Å². The average molecular weight is 425 g/mol. The maximum atomic E-state index is 12.7. The predicted molar refractivity (Wildman–Crippen MR) is 123 cm³/mol. The van der Waals surface area contributed by atoms with Gasteiger partial charge < -0.3 is 15.1 Å². The summed E-state index contributed by atoms with van der Waals surface area (Å²) in [6, 6.07) is 14.6. The normalized spacial score (nSPS) is 19.3. The molecule has 0 aliphatic carbocycles. The van der Waals surface area contributed by atoms with Crippen molar-refractivity contribution in [2.24, 2.45) is 0 Å². The molecule has 1 fully saturated rings. The van der Waals surface area contributed by atoms with E-state index in [2.05, 4.69) is 62.5 Å². The van der Waals surface area contributed by atoms with E-state index < -0.39 is 0 Å². The van der Waals surface area contributed by atoms with Gasteiger partial charge in [0.25, 0.3) is 5.91 Å². The molecule has 0 saturated carbocycles. The van der Waals surface area contributed by atoms with Crippen LogP contribution in [0.5, 0.6) is 0 Å². The van der Waals surface area contributed by atoms with E-state index in [1.165, 1.54) is 20.2 Å². The number of piperazine rings is 1. The van der Waals surface area contributed by atoms with Crippen LogP contribution in [0.2, 0.25) is 0 Å². The van der Waals surface area contributed by atoms with Gasteiger partial charge in [0.05, 0.1) is 10.2 Å². The lowest BCUT2D eigenvalue weighted by atomic mass is 9.98. The van der Waals surface area contributed by atoms with E-state index in [9.17, 15) is 4.79 Å². The molecule has 1 aromatic heterocycles. The largest absolute Gasteiger partial charge is 0.321 e. The number of amides is 1. The third-order valence-electron chi connectivity index (χ3n) is 6.01. The lowest BCUT2D eigenvalue weighted by Gasteiger charge is -2.29. The fraction of sp³-hybridized carbons (Fsp3) is 0.417. The number of rotatable bonds is 6. The van der Waals surface area contributed by atoms with Gasteiger partial charge >= 0.3 is 0 Å². The summed E-state index contributed by atoms with van der Waals surface area (Å²) in [4.78, 5) is 20.5. The highest BCUT2D eigenvalue weighted by molar-refractivity contribution is 7.18. The van der Waals surface area contributed by atoms with E-state index in [-0.39, 0.29) is 5.91 Å². The summed E-state index contributed by atoms with van der Waals surface area (Å²) < 4.78 is 1.27. The van der Waals surface area contributed by atoms with Gasteiger partial charge in [0, 0.05) is 5.69 Å². The summed E-state index contributed by atoms with van der Waals surface area (Å²) in [6.07, 6.45) is 0. The van der Waals surface area contributed by atoms with Crippen LogP contribution in [-0.4, -0.2) is 43.6 Å². The minimum atomic E-state index is 0.121. The highest BCUT2D eigenvalue weighted by Gasteiger charge is 2.26. The molecular formula is C24H32N4OS+2. The van der Waals surface area contributed by atoms with Gasteiger partial charge in [-0.25, -0.2) is 4.98 Å². The van der Waals surface area contributed by atoms with Crippen LogP contribution in [0.1, 0.15) is 35.9 Å². The fourth-order valence-corrected chi connectivity index (χ4v) is 5.31. The van der Waals surface area contributed by atoms with Crippen LogP contribution in [0, 0.1) is 6.92 Å². The van der Waals surface area contributed by atoms with E-state index in [1.54, 1.807) is 16.2 Å². The van der Waals surface area contributed by atoms with Crippen molar-refractivity contribution in [3.63, 3.8) is 0 Å². The topological polar surface area (TPSA) is 50.9 Å². The van der Waals surface area contributed by atoms with Gasteiger partial charge in [0.15, 0.2) is 6.54 Å². The van der Waals surface area contributed by atoms with Crippen molar-refractivity contribution in [1.29, 1.82) is 0 Å². The summed E-state index contributed by atoms with van der Waals surface area (Å²) in [6.45, 7) is 12.2. The molecule has 0 atom stereocenters. The molecule has 30 heavy (non-hydrogen) atoms. The molecule has 4 rings (SSSR count). The number of quaternary nitrogens is 2. The van der Waals surface area contributed by atoms with Gasteiger partial charge in [-0.15, -0.1) is 11.3 Å². The lowest BCUT2D eigenvalue weighted by Crippen LogP contribution is -3.28. The van der Waals surface area contributed by atoms with Crippen molar-refractivity contribution in [2.45, 2.75) is 33.2 Å². The minimum absolute atomic E-state index is 0.121. The van der Waals surface area contributed by atoms with E-state index in [0.717, 1.165) is 49.5 Å². The van der Waals surface area contributed by atoms with E-state index in [0.29, 0.717) is 12.5 Å². The van der Waals surface area contributed by atoms with Crippen molar-refractivity contribution in [3.8, 4) is 0 Å². The molecule has 6 heteroatoms. The molecule has 0 bridgehead atoms. The second-order valence-corrected chi connectivity index (χ2v) is 9.79. The number of carbonyl (C=O) groups excluding carboxylic acids is 1. The first-order valence-electron chi connectivity index (χ1n) is 10.9. The zero-order chi connectivity index (χ0) is 21.1. The summed E-state index contributed by atoms with van der Waals surface area (Å²) in [5.41, 5.74) is 4.45. The third-order valence-corrected chi connectivity index (χ3v) is 7.04. The van der Waals surface area contributed by atoms with E-state index >= 15 is 0 Å². The number of nitrogens with zero attached hydrogens (tertiary/aromatic N) is 1. The molecule has 5 nitrogen and oxygen atoms in total. The maximum absolute atomic E-state index is 12.7. The number of para-hydroxylation sites is 2. The average Bonchev–Trinajstić information content (AvgIpc) is 3.13. The molecule has 158 valence electrons. The first-order chi connectivity index (χ1) is 14.5. The number of hydrogen-bond donors (Lipinski definition) is 3. The molecule has 0 radical (unpaired) electrons. The molecule has 3 N–H and O–H groups in total. The standard InChI is InChI=1S/C24H30N4OS/c1-17(2)19-8-6-7-18(3)24(19)26-22(29)15-27-11-13-28(14-12-27)16-23-25-20-9-4-5-10-21(20)30-23/h4-10,17H,11-16H2,1-3H3,(H,26,29)/p+2. The summed E-state index contributed by atoms with van der Waals surface area (Å²) in [5, 5.41) is 4.41. The van der Waals surface area contributed by atoms with Gasteiger partial charge in [0.2, 0.25) is 0 Å². The Bertz CT molecular complexity index is 988. The van der Waals surface area contributed by atoms with Crippen molar-refractivity contribution in [3.05, 3.63) is 58.6 Å². The Kier molecular flexibility index (Phi) is 6.46. The van der Waals surface area contributed by atoms with Crippen LogP contribution < -0.4 is 15.1 Å². The highest BCUT2D eigenvalue weighted by atomic mass is 32.1. The van der Waals surface area contributed by atoms with Crippen LogP contribution in [0.15, 0.2) is 42.5 Å². The Balaban J connectivity index is 1.29. The Labute approximate surface area is 182 Å². The maximum Gasteiger partial charge on any atom is 0.279 e. The van der Waals surface area contributed by atoms with Crippen LogP contribution in [0.4, 0.5) is 5.69 Å². The molecular weight excluding hydrogens is 392 g/mol. The summed E-state index contributed by atoms with van der Waals surface area (Å²) in [7, 11) is 0. The van der Waals surface area contributed by atoms with E-state index in [1.807, 2.05) is 6.07 Å². The number of fused-ring (bicyclic) bond motifs is 1. The van der Waals surface area contributed by atoms with Crippen LogP contribution in [-0.2, 0) is 11.3 Å². The minimum Gasteiger partial charge on any atom is -0.321 e. The van der Waals surface area contributed by atoms with Crippen molar-refractivity contribution < 1.29 is 14.6 Å². The first-order valence-corrected chi connectivity index (χ1v) is 11.7. The van der Waals surface area contributed by atoms with Gasteiger partial charge in [-0.3, -0.25) is 4.79 Å². The number of aromatic nitrogens is 1. The van der Waals surface area contributed by atoms with Crippen molar-refractivity contribution in [2.75, 3.05) is 38.0 Å². The SMILES string of the molecule is Cc1cccc(C(C)C)c1NC(=O)C[NH+]1CC[NH+](Cc2nc3ccccc3s2)CC1. The Morgan fingerprint density at radius 3 is 2.53 bits per heavy atom. The highest BCUT2D eigenvalue weighted by Crippen LogP contribution is 2.27. The third kappa shape index (κ3) is 4.89. The van der Waals surface area contributed by atoms with Gasteiger partial charge in [0.1, 0.15) is 37.7 Å². The summed E-state index contributed by atoms with van der Waals surface area (Å²) in [5.74, 6) is 0.512. The number of hydrogen-bond acceptors (Lipinski definition) is 3. The zero-order valence-electron chi connectivity index (χ0n) is 18.1. The molecule has 1 aliphatic rings. The molecule has 2 aromatic carbocycles. The van der Waals surface area contributed by atoms with Gasteiger partial charge in [-0.1, -0.05) is 44.2 Å². The van der Waals surface area contributed by atoms with Crippen molar-refractivity contribution in [1.82, 2.24) is 4.98 Å². The zero-order valence-corrected chi connectivity index (χ0v) is 18.9. The lowest BCUT2D eigenvalue weighted by molar-refractivity contribution is -1.01. The number of aryl methyl sites for hydroxylation is 1. The number of thiazole rings is 1. The second-order valence-electron chi connectivity index (χ2n) is 8.67. The second kappa shape index (κ2) is 9.25. The Hall–Kier alpha value is -2.28. The fourth-order valence-electron chi connectivity index (χ4n) is 4.27. The van der Waals surface area contributed by atoms with Crippen LogP contribution in [0.3, 0.4) is 0 Å². The summed E-state index contributed by atoms with van der Waals surface area (Å²) >= 11 is 1.81. The smallest absolute Gasteiger partial charge is 0.279 e. The van der Waals surface area contributed by atoms with Crippen molar-refractivity contribution >= 4 is 33.1 Å². The molecule has 0 spiro atoms. The molecule has 1 saturated heterocycles. The van der Waals surface area contributed by atoms with E-state index in [4.69, 9.17) is 4.98 Å². The molecule has 3 aromatic rings. The van der Waals surface area contributed by atoms with Crippen LogP contribution >= 0.6 is 11.3 Å². The molecule has 2 heterocycles. The first kappa shape index (κ1) is 21.0.